The first-order valence-corrected chi connectivity index (χ1v) is 13.0. The molecule has 0 unspecified atom stereocenters. The second-order valence-corrected chi connectivity index (χ2v) is 10.1. The van der Waals surface area contributed by atoms with Gasteiger partial charge in [0.2, 0.25) is 11.1 Å². The minimum Gasteiger partial charge on any atom is -0.354 e. The van der Waals surface area contributed by atoms with Gasteiger partial charge in [-0.05, 0) is 57.7 Å². The van der Waals surface area contributed by atoms with Crippen molar-refractivity contribution in [3.8, 4) is 0 Å². The first-order chi connectivity index (χ1) is 16.4. The van der Waals surface area contributed by atoms with E-state index in [-0.39, 0.29) is 11.9 Å². The third-order valence-electron chi connectivity index (χ3n) is 6.11. The molecule has 0 bridgehead atoms. The number of hydrogen-bond acceptors (Lipinski definition) is 5. The molecular weight excluding hydrogens is 442 g/mol. The monoisotopic (exact) mass is 475 g/mol. The number of nitrogens with zero attached hydrogens (tertiary/aromatic N) is 4. The summed E-state index contributed by atoms with van der Waals surface area (Å²) in [6, 6.07) is 15.3. The van der Waals surface area contributed by atoms with E-state index in [1.165, 1.54) is 16.7 Å². The number of carbonyl (C=O) groups excluding carboxylic acids is 1. The van der Waals surface area contributed by atoms with Gasteiger partial charge in [0, 0.05) is 30.1 Å². The SMILES string of the molecule is CC[C@H](C)NC(=O)CCCCSc1nnc2c3cc(C)ccc3n(Cc3ccc(C)cc3)c2n1. The summed E-state index contributed by atoms with van der Waals surface area (Å²) in [5.41, 5.74) is 6.51. The highest BCUT2D eigenvalue weighted by molar-refractivity contribution is 7.99. The van der Waals surface area contributed by atoms with E-state index >= 15 is 0 Å². The molecule has 6 nitrogen and oxygen atoms in total. The lowest BCUT2D eigenvalue weighted by Gasteiger charge is -2.10. The molecule has 0 spiro atoms. The predicted octanol–water partition coefficient (Wildman–Crippen LogP) is 5.82. The third kappa shape index (κ3) is 5.76. The van der Waals surface area contributed by atoms with E-state index in [9.17, 15) is 4.79 Å². The highest BCUT2D eigenvalue weighted by atomic mass is 32.2. The first kappa shape index (κ1) is 24.2. The van der Waals surface area contributed by atoms with Crippen molar-refractivity contribution < 1.29 is 4.79 Å². The third-order valence-corrected chi connectivity index (χ3v) is 7.04. The minimum absolute atomic E-state index is 0.134. The molecular formula is C27H33N5OS. The zero-order valence-electron chi connectivity index (χ0n) is 20.5. The second kappa shape index (κ2) is 11.0. The first-order valence-electron chi connectivity index (χ1n) is 12.1. The van der Waals surface area contributed by atoms with Gasteiger partial charge in [0.15, 0.2) is 5.65 Å². The number of fused-ring (bicyclic) bond motifs is 3. The van der Waals surface area contributed by atoms with Crippen LogP contribution >= 0.6 is 11.8 Å². The summed E-state index contributed by atoms with van der Waals surface area (Å²) in [6.07, 6.45) is 3.31. The molecule has 0 saturated heterocycles. The van der Waals surface area contributed by atoms with Crippen LogP contribution < -0.4 is 5.32 Å². The van der Waals surface area contributed by atoms with Crippen molar-refractivity contribution in [1.82, 2.24) is 25.1 Å². The minimum atomic E-state index is 0.134. The van der Waals surface area contributed by atoms with Gasteiger partial charge < -0.3 is 9.88 Å². The summed E-state index contributed by atoms with van der Waals surface area (Å²) in [5, 5.41) is 13.8. The van der Waals surface area contributed by atoms with Crippen molar-refractivity contribution in [3.63, 3.8) is 0 Å². The molecule has 1 N–H and O–H groups in total. The Bertz CT molecular complexity index is 1280. The Morgan fingerprint density at radius 1 is 1.06 bits per heavy atom. The van der Waals surface area contributed by atoms with Crippen LogP contribution in [0.1, 0.15) is 56.2 Å². The van der Waals surface area contributed by atoms with Crippen LogP contribution in [-0.2, 0) is 11.3 Å². The molecule has 7 heteroatoms. The number of aromatic nitrogens is 4. The normalized spacial score (nSPS) is 12.4. The maximum atomic E-state index is 12.0. The zero-order valence-corrected chi connectivity index (χ0v) is 21.3. The molecule has 1 amide bonds. The average molecular weight is 476 g/mol. The fourth-order valence-electron chi connectivity index (χ4n) is 3.95. The summed E-state index contributed by atoms with van der Waals surface area (Å²) < 4.78 is 2.24. The Hall–Kier alpha value is -2.93. The summed E-state index contributed by atoms with van der Waals surface area (Å²) >= 11 is 1.61. The smallest absolute Gasteiger partial charge is 0.220 e. The number of thioether (sulfide) groups is 1. The number of aryl methyl sites for hydroxylation is 2. The van der Waals surface area contributed by atoms with Gasteiger partial charge in [-0.3, -0.25) is 4.79 Å². The number of hydrogen-bond donors (Lipinski definition) is 1. The van der Waals surface area contributed by atoms with Crippen LogP contribution in [-0.4, -0.2) is 37.5 Å². The van der Waals surface area contributed by atoms with Gasteiger partial charge in [-0.15, -0.1) is 10.2 Å². The topological polar surface area (TPSA) is 72.7 Å². The number of benzene rings is 2. The van der Waals surface area contributed by atoms with Crippen molar-refractivity contribution in [2.75, 3.05) is 5.75 Å². The molecule has 1 atom stereocenters. The van der Waals surface area contributed by atoms with Crippen LogP contribution in [0.25, 0.3) is 22.1 Å². The quantitative estimate of drug-likeness (QED) is 0.231. The van der Waals surface area contributed by atoms with Gasteiger partial charge in [-0.1, -0.05) is 60.1 Å². The van der Waals surface area contributed by atoms with Crippen molar-refractivity contribution in [1.29, 1.82) is 0 Å². The van der Waals surface area contributed by atoms with Crippen LogP contribution in [0, 0.1) is 13.8 Å². The van der Waals surface area contributed by atoms with Crippen molar-refractivity contribution in [3.05, 3.63) is 59.2 Å². The predicted molar refractivity (Wildman–Crippen MR) is 140 cm³/mol. The second-order valence-electron chi connectivity index (χ2n) is 9.04. The molecule has 0 fully saturated rings. The fraction of sp³-hybridized carbons (Fsp3) is 0.407. The standard InChI is InChI=1S/C27H33N5OS/c1-5-20(4)28-24(33)8-6-7-15-34-27-29-26-25(30-31-27)22-16-19(3)11-14-23(22)32(26)17-21-12-9-18(2)10-13-21/h9-14,16,20H,5-8,15,17H2,1-4H3,(H,28,33)/t20-/m0/s1. The molecule has 4 aromatic rings. The lowest BCUT2D eigenvalue weighted by atomic mass is 10.1. The van der Waals surface area contributed by atoms with E-state index in [0.29, 0.717) is 11.6 Å². The molecule has 2 aromatic carbocycles. The van der Waals surface area contributed by atoms with Gasteiger partial charge in [-0.25, -0.2) is 4.98 Å². The van der Waals surface area contributed by atoms with E-state index in [1.54, 1.807) is 11.8 Å². The van der Waals surface area contributed by atoms with E-state index in [2.05, 4.69) is 83.3 Å². The van der Waals surface area contributed by atoms with Crippen molar-refractivity contribution in [2.45, 2.75) is 71.1 Å². The summed E-state index contributed by atoms with van der Waals surface area (Å²) in [6.45, 7) is 9.04. The molecule has 0 aliphatic rings. The largest absolute Gasteiger partial charge is 0.354 e. The van der Waals surface area contributed by atoms with Gasteiger partial charge in [0.05, 0.1) is 5.52 Å². The van der Waals surface area contributed by atoms with E-state index in [4.69, 9.17) is 4.98 Å². The van der Waals surface area contributed by atoms with Crippen LogP contribution in [0.5, 0.6) is 0 Å². The van der Waals surface area contributed by atoms with Crippen molar-refractivity contribution >= 4 is 39.7 Å². The number of amides is 1. The van der Waals surface area contributed by atoms with Crippen LogP contribution in [0.2, 0.25) is 0 Å². The average Bonchev–Trinajstić information content (AvgIpc) is 3.12. The number of unbranched alkanes of at least 4 members (excludes halogenated alkanes) is 1. The zero-order chi connectivity index (χ0) is 24.1. The van der Waals surface area contributed by atoms with Gasteiger partial charge in [-0.2, -0.15) is 0 Å². The van der Waals surface area contributed by atoms with Crippen molar-refractivity contribution in [2.24, 2.45) is 0 Å². The molecule has 0 saturated carbocycles. The Kier molecular flexibility index (Phi) is 7.83. The van der Waals surface area contributed by atoms with Crippen LogP contribution in [0.3, 0.4) is 0 Å². The maximum Gasteiger partial charge on any atom is 0.220 e. The number of nitrogens with one attached hydrogen (secondary N) is 1. The van der Waals surface area contributed by atoms with Crippen LogP contribution in [0.4, 0.5) is 0 Å². The summed E-state index contributed by atoms with van der Waals surface area (Å²) in [5.74, 6) is 0.996. The van der Waals surface area contributed by atoms with E-state index in [1.807, 2.05) is 6.92 Å². The highest BCUT2D eigenvalue weighted by Gasteiger charge is 2.16. The number of rotatable bonds is 10. The Balaban J connectivity index is 1.50. The van der Waals surface area contributed by atoms with Gasteiger partial charge in [0.25, 0.3) is 0 Å². The fourth-order valence-corrected chi connectivity index (χ4v) is 4.73. The lowest BCUT2D eigenvalue weighted by molar-refractivity contribution is -0.121. The molecule has 0 aliphatic carbocycles. The molecule has 0 aliphatic heterocycles. The van der Waals surface area contributed by atoms with Crippen LogP contribution in [0.15, 0.2) is 47.6 Å². The Morgan fingerprint density at radius 2 is 1.82 bits per heavy atom. The molecule has 2 heterocycles. The van der Waals surface area contributed by atoms with E-state index < -0.39 is 0 Å². The molecule has 0 radical (unpaired) electrons. The Morgan fingerprint density at radius 3 is 2.59 bits per heavy atom. The maximum absolute atomic E-state index is 12.0. The molecule has 178 valence electrons. The lowest BCUT2D eigenvalue weighted by Crippen LogP contribution is -2.31. The number of carbonyl (C=O) groups is 1. The Labute approximate surface area is 205 Å². The molecule has 2 aromatic heterocycles. The van der Waals surface area contributed by atoms with Gasteiger partial charge >= 0.3 is 0 Å². The van der Waals surface area contributed by atoms with Gasteiger partial charge in [0.1, 0.15) is 5.52 Å². The summed E-state index contributed by atoms with van der Waals surface area (Å²) in [4.78, 5) is 16.9. The molecule has 4 rings (SSSR count). The molecule has 34 heavy (non-hydrogen) atoms. The van der Waals surface area contributed by atoms with E-state index in [0.717, 1.165) is 53.6 Å². The summed E-state index contributed by atoms with van der Waals surface area (Å²) in [7, 11) is 0. The highest BCUT2D eigenvalue weighted by Crippen LogP contribution is 2.29.